The average molecular weight is 456 g/mol. The quantitative estimate of drug-likeness (QED) is 0.546. The first-order valence-electron chi connectivity index (χ1n) is 9.75. The molecule has 1 aromatic heterocycles. The number of benzene rings is 2. The summed E-state index contributed by atoms with van der Waals surface area (Å²) in [6.07, 6.45) is 3.77. The molecule has 1 atom stereocenters. The Morgan fingerprint density at radius 3 is 2.38 bits per heavy atom. The van der Waals surface area contributed by atoms with E-state index in [0.717, 1.165) is 30.2 Å². The van der Waals surface area contributed by atoms with Crippen LogP contribution in [0.4, 0.5) is 0 Å². The van der Waals surface area contributed by atoms with E-state index in [1.807, 2.05) is 0 Å². The third-order valence-electron chi connectivity index (χ3n) is 5.98. The van der Waals surface area contributed by atoms with E-state index in [4.69, 9.17) is 0 Å². The van der Waals surface area contributed by atoms with Crippen molar-refractivity contribution in [3.8, 4) is 5.75 Å². The number of hydrogen-bond donors (Lipinski definition) is 2. The molecule has 0 spiro atoms. The number of carboxylic acid groups (broad SMARTS) is 1. The molecule has 1 heterocycles. The fourth-order valence-corrected chi connectivity index (χ4v) is 4.92. The van der Waals surface area contributed by atoms with Gasteiger partial charge in [-0.3, -0.25) is 14.2 Å². The van der Waals surface area contributed by atoms with Gasteiger partial charge in [0.2, 0.25) is 0 Å². The van der Waals surface area contributed by atoms with Crippen LogP contribution in [-0.2, 0) is 4.79 Å². The molecule has 0 radical (unpaired) electrons. The molecular weight excluding hydrogens is 434 g/mol. The molecule has 4 rings (SSSR count). The molecular formula is C23H22BrNO4. The lowest BCUT2D eigenvalue weighted by molar-refractivity contribution is -0.140. The Bertz CT molecular complexity index is 1090. The highest BCUT2D eigenvalue weighted by Gasteiger charge is 2.36. The van der Waals surface area contributed by atoms with Gasteiger partial charge in [-0.1, -0.05) is 28.8 Å². The van der Waals surface area contributed by atoms with Crippen LogP contribution in [0.5, 0.6) is 5.75 Å². The Labute approximate surface area is 177 Å². The van der Waals surface area contributed by atoms with Crippen LogP contribution in [0.25, 0.3) is 10.9 Å². The summed E-state index contributed by atoms with van der Waals surface area (Å²) in [4.78, 5) is 25.6. The Balaban J connectivity index is 1.94. The minimum atomic E-state index is -0.876. The molecule has 0 bridgehead atoms. The van der Waals surface area contributed by atoms with Gasteiger partial charge < -0.3 is 10.2 Å². The van der Waals surface area contributed by atoms with Crippen LogP contribution in [0, 0.1) is 12.8 Å². The molecule has 0 saturated heterocycles. The minimum absolute atomic E-state index is 0.0374. The summed E-state index contributed by atoms with van der Waals surface area (Å²) in [5, 5.41) is 20.8. The number of carbonyl (C=O) groups is 2. The van der Waals surface area contributed by atoms with Gasteiger partial charge in [-0.2, -0.15) is 0 Å². The zero-order chi connectivity index (χ0) is 20.7. The highest BCUT2D eigenvalue weighted by atomic mass is 79.9. The van der Waals surface area contributed by atoms with Crippen LogP contribution in [0.15, 0.2) is 46.9 Å². The summed E-state index contributed by atoms with van der Waals surface area (Å²) >= 11 is 3.38. The van der Waals surface area contributed by atoms with Gasteiger partial charge in [-0.15, -0.1) is 0 Å². The predicted octanol–water partition coefficient (Wildman–Crippen LogP) is 5.46. The lowest BCUT2D eigenvalue weighted by atomic mass is 9.83. The molecule has 0 aliphatic heterocycles. The van der Waals surface area contributed by atoms with Crippen molar-refractivity contribution in [3.63, 3.8) is 0 Å². The molecule has 2 aromatic carbocycles. The second-order valence-corrected chi connectivity index (χ2v) is 8.62. The normalized spacial score (nSPS) is 15.7. The standard InChI is InChI=1S/C23H22BrNO4/c1-13-20(21(23(28)29)14-4-2-3-5-14)18-12-17(26)10-11-19(18)25(13)22(27)15-6-8-16(24)9-7-15/h6-12,14,21,26H,2-5H2,1H3,(H,28,29). The van der Waals surface area contributed by atoms with Gasteiger partial charge in [0, 0.05) is 21.1 Å². The summed E-state index contributed by atoms with van der Waals surface area (Å²) in [6.45, 7) is 1.80. The van der Waals surface area contributed by atoms with Crippen LogP contribution < -0.4 is 0 Å². The maximum atomic E-state index is 13.3. The van der Waals surface area contributed by atoms with Gasteiger partial charge in [0.25, 0.3) is 5.91 Å². The number of hydrogen-bond acceptors (Lipinski definition) is 3. The van der Waals surface area contributed by atoms with Gasteiger partial charge in [0.15, 0.2) is 0 Å². The first-order chi connectivity index (χ1) is 13.9. The van der Waals surface area contributed by atoms with E-state index in [0.29, 0.717) is 27.7 Å². The second-order valence-electron chi connectivity index (χ2n) is 7.71. The third-order valence-corrected chi connectivity index (χ3v) is 6.51. The van der Waals surface area contributed by atoms with Crippen molar-refractivity contribution in [1.82, 2.24) is 4.57 Å². The topological polar surface area (TPSA) is 79.5 Å². The van der Waals surface area contributed by atoms with E-state index in [1.165, 1.54) is 6.07 Å². The van der Waals surface area contributed by atoms with Crippen LogP contribution in [0.1, 0.15) is 53.2 Å². The van der Waals surface area contributed by atoms with Crippen LogP contribution >= 0.6 is 15.9 Å². The molecule has 0 amide bonds. The molecule has 3 aromatic rings. The molecule has 1 aliphatic carbocycles. The second kappa shape index (κ2) is 7.67. The SMILES string of the molecule is Cc1c(C(C(=O)O)C2CCCC2)c2cc(O)ccc2n1C(=O)c1ccc(Br)cc1. The zero-order valence-electron chi connectivity index (χ0n) is 16.1. The highest BCUT2D eigenvalue weighted by molar-refractivity contribution is 9.10. The number of aromatic nitrogens is 1. The van der Waals surface area contributed by atoms with Crippen molar-refractivity contribution in [2.75, 3.05) is 0 Å². The summed E-state index contributed by atoms with van der Waals surface area (Å²) in [7, 11) is 0. The zero-order valence-corrected chi connectivity index (χ0v) is 17.6. The first-order valence-corrected chi connectivity index (χ1v) is 10.5. The number of halogens is 1. The van der Waals surface area contributed by atoms with Gasteiger partial charge in [0.1, 0.15) is 5.75 Å². The van der Waals surface area contributed by atoms with E-state index in [1.54, 1.807) is 47.9 Å². The third kappa shape index (κ3) is 3.46. The summed E-state index contributed by atoms with van der Waals surface area (Å²) in [6, 6.07) is 11.9. The van der Waals surface area contributed by atoms with Crippen molar-refractivity contribution < 1.29 is 19.8 Å². The van der Waals surface area contributed by atoms with Crippen LogP contribution in [0.3, 0.4) is 0 Å². The number of nitrogens with zero attached hydrogens (tertiary/aromatic N) is 1. The molecule has 1 fully saturated rings. The Hall–Kier alpha value is -2.60. The molecule has 6 heteroatoms. The average Bonchev–Trinajstić information content (AvgIpc) is 3.29. The van der Waals surface area contributed by atoms with Crippen molar-refractivity contribution in [1.29, 1.82) is 0 Å². The van der Waals surface area contributed by atoms with Gasteiger partial charge in [0.05, 0.1) is 11.4 Å². The summed E-state index contributed by atoms with van der Waals surface area (Å²) < 4.78 is 2.46. The highest BCUT2D eigenvalue weighted by Crippen LogP contribution is 2.43. The van der Waals surface area contributed by atoms with E-state index in [9.17, 15) is 19.8 Å². The number of aromatic hydroxyl groups is 1. The molecule has 2 N–H and O–H groups in total. The molecule has 1 aliphatic rings. The van der Waals surface area contributed by atoms with Crippen molar-refractivity contribution >= 4 is 38.7 Å². The molecule has 150 valence electrons. The lowest BCUT2D eigenvalue weighted by Gasteiger charge is -2.20. The Morgan fingerprint density at radius 1 is 1.10 bits per heavy atom. The largest absolute Gasteiger partial charge is 0.508 e. The van der Waals surface area contributed by atoms with E-state index in [-0.39, 0.29) is 17.6 Å². The monoisotopic (exact) mass is 455 g/mol. The van der Waals surface area contributed by atoms with Crippen LogP contribution in [-0.4, -0.2) is 26.7 Å². The number of carboxylic acids is 1. The van der Waals surface area contributed by atoms with E-state index >= 15 is 0 Å². The van der Waals surface area contributed by atoms with Gasteiger partial charge in [-0.05, 0) is 73.7 Å². The number of phenolic OH excluding ortho intramolecular Hbond substituents is 1. The fourth-order valence-electron chi connectivity index (χ4n) is 4.66. The molecule has 1 unspecified atom stereocenters. The number of phenols is 1. The lowest BCUT2D eigenvalue weighted by Crippen LogP contribution is -2.21. The molecule has 5 nitrogen and oxygen atoms in total. The van der Waals surface area contributed by atoms with Crippen LogP contribution in [0.2, 0.25) is 0 Å². The minimum Gasteiger partial charge on any atom is -0.508 e. The predicted molar refractivity (Wildman–Crippen MR) is 115 cm³/mol. The molecule has 1 saturated carbocycles. The Kier molecular flexibility index (Phi) is 5.21. The van der Waals surface area contributed by atoms with E-state index in [2.05, 4.69) is 15.9 Å². The summed E-state index contributed by atoms with van der Waals surface area (Å²) in [5.74, 6) is -1.69. The van der Waals surface area contributed by atoms with Crippen molar-refractivity contribution in [2.45, 2.75) is 38.5 Å². The Morgan fingerprint density at radius 2 is 1.76 bits per heavy atom. The van der Waals surface area contributed by atoms with Crippen molar-refractivity contribution in [2.24, 2.45) is 5.92 Å². The maximum Gasteiger partial charge on any atom is 0.311 e. The maximum absolute atomic E-state index is 13.3. The van der Waals surface area contributed by atoms with Gasteiger partial charge >= 0.3 is 5.97 Å². The number of aliphatic carboxylic acids is 1. The summed E-state index contributed by atoms with van der Waals surface area (Å²) in [5.41, 5.74) is 2.40. The van der Waals surface area contributed by atoms with Gasteiger partial charge in [-0.25, -0.2) is 0 Å². The first kappa shape index (κ1) is 19.7. The molecule has 29 heavy (non-hydrogen) atoms. The number of fused-ring (bicyclic) bond motifs is 1. The number of rotatable bonds is 4. The fraction of sp³-hybridized carbons (Fsp3) is 0.304. The smallest absolute Gasteiger partial charge is 0.311 e. The van der Waals surface area contributed by atoms with Crippen molar-refractivity contribution in [3.05, 3.63) is 63.8 Å². The number of carbonyl (C=O) groups excluding carboxylic acids is 1. The van der Waals surface area contributed by atoms with E-state index < -0.39 is 11.9 Å².